The number of aliphatic hydroxyl groups excluding tert-OH is 2. The van der Waals surface area contributed by atoms with Crippen molar-refractivity contribution >= 4 is 0 Å². The van der Waals surface area contributed by atoms with Crippen molar-refractivity contribution in [1.82, 2.24) is 0 Å². The average Bonchev–Trinajstić information content (AvgIpc) is 2.46. The molecule has 0 aliphatic rings. The summed E-state index contributed by atoms with van der Waals surface area (Å²) in [7, 11) is 0. The van der Waals surface area contributed by atoms with Gasteiger partial charge in [-0.1, -0.05) is 48.5 Å². The largest absolute Gasteiger partial charge is 0.389 e. The van der Waals surface area contributed by atoms with Gasteiger partial charge in [0.15, 0.2) is 0 Å². The lowest BCUT2D eigenvalue weighted by Crippen LogP contribution is -1.95. The van der Waals surface area contributed by atoms with Crippen LogP contribution in [0, 0.1) is 0 Å². The molecule has 2 atom stereocenters. The zero-order valence-electron chi connectivity index (χ0n) is 12.1. The molecule has 0 unspecified atom stereocenters. The molecule has 0 heterocycles. The number of aryl methyl sites for hydroxylation is 2. The summed E-state index contributed by atoms with van der Waals surface area (Å²) in [5.74, 6) is 0. The first-order valence-corrected chi connectivity index (χ1v) is 7.10. The molecule has 0 aromatic heterocycles. The molecule has 2 aromatic rings. The summed E-state index contributed by atoms with van der Waals surface area (Å²) >= 11 is 0. The van der Waals surface area contributed by atoms with Crippen molar-refractivity contribution in [2.24, 2.45) is 0 Å². The molecule has 0 spiro atoms. The molecule has 0 aliphatic heterocycles. The fraction of sp³-hybridized carbons (Fsp3) is 0.333. The van der Waals surface area contributed by atoms with Gasteiger partial charge in [-0.25, -0.2) is 0 Å². The minimum absolute atomic E-state index is 0.405. The first kappa shape index (κ1) is 14.8. The van der Waals surface area contributed by atoms with E-state index < -0.39 is 12.2 Å². The maximum atomic E-state index is 9.47. The van der Waals surface area contributed by atoms with Crippen LogP contribution in [-0.2, 0) is 12.8 Å². The van der Waals surface area contributed by atoms with E-state index in [-0.39, 0.29) is 0 Å². The quantitative estimate of drug-likeness (QED) is 0.872. The van der Waals surface area contributed by atoms with Gasteiger partial charge in [0.2, 0.25) is 0 Å². The lowest BCUT2D eigenvalue weighted by atomic mass is 10.0. The minimum atomic E-state index is -0.405. The highest BCUT2D eigenvalue weighted by Crippen LogP contribution is 2.16. The van der Waals surface area contributed by atoms with Crippen LogP contribution in [0.25, 0.3) is 0 Å². The Labute approximate surface area is 120 Å². The Balaban J connectivity index is 1.94. The summed E-state index contributed by atoms with van der Waals surface area (Å²) in [6, 6.07) is 16.2. The molecule has 2 N–H and O–H groups in total. The topological polar surface area (TPSA) is 40.5 Å². The zero-order valence-corrected chi connectivity index (χ0v) is 12.1. The monoisotopic (exact) mass is 270 g/mol. The molecule has 0 amide bonds. The van der Waals surface area contributed by atoms with Crippen LogP contribution in [-0.4, -0.2) is 10.2 Å². The number of benzene rings is 2. The highest BCUT2D eigenvalue weighted by Gasteiger charge is 2.02. The first-order valence-electron chi connectivity index (χ1n) is 7.10. The van der Waals surface area contributed by atoms with Gasteiger partial charge in [0.1, 0.15) is 0 Å². The summed E-state index contributed by atoms with van der Waals surface area (Å²) in [4.78, 5) is 0. The molecular formula is C18H22O2. The number of hydrogen-bond acceptors (Lipinski definition) is 2. The Morgan fingerprint density at radius 1 is 0.650 bits per heavy atom. The summed E-state index contributed by atoms with van der Waals surface area (Å²) in [6.07, 6.45) is 1.15. The summed E-state index contributed by atoms with van der Waals surface area (Å²) in [5, 5.41) is 18.9. The van der Waals surface area contributed by atoms with E-state index in [4.69, 9.17) is 0 Å². The Kier molecular flexibility index (Phi) is 4.94. The molecule has 2 rings (SSSR count). The van der Waals surface area contributed by atoms with E-state index in [1.165, 1.54) is 11.1 Å². The highest BCUT2D eigenvalue weighted by atomic mass is 16.3. The van der Waals surface area contributed by atoms with Crippen molar-refractivity contribution < 1.29 is 10.2 Å². The van der Waals surface area contributed by atoms with Crippen LogP contribution in [0.3, 0.4) is 0 Å². The van der Waals surface area contributed by atoms with Crippen LogP contribution in [0.15, 0.2) is 48.5 Å². The SMILES string of the molecule is C[C@H](O)c1ccc(CCc2ccc([C@H](C)O)cc2)cc1. The Morgan fingerprint density at radius 2 is 0.950 bits per heavy atom. The van der Waals surface area contributed by atoms with E-state index >= 15 is 0 Å². The van der Waals surface area contributed by atoms with E-state index in [9.17, 15) is 10.2 Å². The Morgan fingerprint density at radius 3 is 1.20 bits per heavy atom. The molecule has 106 valence electrons. The third kappa shape index (κ3) is 3.92. The van der Waals surface area contributed by atoms with Crippen molar-refractivity contribution in [2.45, 2.75) is 38.9 Å². The minimum Gasteiger partial charge on any atom is -0.389 e. The van der Waals surface area contributed by atoms with Gasteiger partial charge >= 0.3 is 0 Å². The summed E-state index contributed by atoms with van der Waals surface area (Å²) in [6.45, 7) is 3.55. The molecule has 0 radical (unpaired) electrons. The van der Waals surface area contributed by atoms with Crippen molar-refractivity contribution in [3.05, 3.63) is 70.8 Å². The normalized spacial score (nSPS) is 14.0. The summed E-state index contributed by atoms with van der Waals surface area (Å²) in [5.41, 5.74) is 4.45. The smallest absolute Gasteiger partial charge is 0.0761 e. The fourth-order valence-electron chi connectivity index (χ4n) is 2.21. The third-order valence-electron chi connectivity index (χ3n) is 3.63. The van der Waals surface area contributed by atoms with Gasteiger partial charge in [-0.15, -0.1) is 0 Å². The second-order valence-electron chi connectivity index (χ2n) is 5.34. The van der Waals surface area contributed by atoms with E-state index in [0.29, 0.717) is 0 Å². The van der Waals surface area contributed by atoms with Crippen molar-refractivity contribution in [1.29, 1.82) is 0 Å². The maximum absolute atomic E-state index is 9.47. The number of rotatable bonds is 5. The standard InChI is InChI=1S/C18H22O2/c1-13(19)17-9-5-15(6-10-17)3-4-16-7-11-18(12-8-16)14(2)20/h5-14,19-20H,3-4H2,1-2H3/t13-,14-/m0/s1. The molecule has 20 heavy (non-hydrogen) atoms. The van der Waals surface area contributed by atoms with E-state index in [2.05, 4.69) is 24.3 Å². The molecule has 0 saturated heterocycles. The molecule has 0 bridgehead atoms. The Hall–Kier alpha value is -1.64. The highest BCUT2D eigenvalue weighted by molar-refractivity contribution is 5.27. The lowest BCUT2D eigenvalue weighted by molar-refractivity contribution is 0.199. The van der Waals surface area contributed by atoms with Crippen LogP contribution >= 0.6 is 0 Å². The van der Waals surface area contributed by atoms with Crippen molar-refractivity contribution in [2.75, 3.05) is 0 Å². The predicted molar refractivity (Wildman–Crippen MR) is 81.6 cm³/mol. The van der Waals surface area contributed by atoms with Gasteiger partial charge in [-0.05, 0) is 48.9 Å². The third-order valence-corrected chi connectivity index (χ3v) is 3.63. The van der Waals surface area contributed by atoms with Crippen LogP contribution in [0.1, 0.15) is 48.3 Å². The predicted octanol–water partition coefficient (Wildman–Crippen LogP) is 3.58. The second-order valence-corrected chi connectivity index (χ2v) is 5.34. The zero-order chi connectivity index (χ0) is 14.5. The average molecular weight is 270 g/mol. The maximum Gasteiger partial charge on any atom is 0.0761 e. The number of aliphatic hydroxyl groups is 2. The number of hydrogen-bond donors (Lipinski definition) is 2. The molecule has 2 aromatic carbocycles. The van der Waals surface area contributed by atoms with E-state index in [1.54, 1.807) is 13.8 Å². The van der Waals surface area contributed by atoms with Gasteiger partial charge in [0.25, 0.3) is 0 Å². The molecule has 2 nitrogen and oxygen atoms in total. The molecular weight excluding hydrogens is 248 g/mol. The van der Waals surface area contributed by atoms with Crippen LogP contribution in [0.2, 0.25) is 0 Å². The molecule has 0 saturated carbocycles. The molecule has 0 aliphatic carbocycles. The lowest BCUT2D eigenvalue weighted by Gasteiger charge is -2.08. The van der Waals surface area contributed by atoms with Gasteiger partial charge in [0.05, 0.1) is 12.2 Å². The molecule has 0 fully saturated rings. The van der Waals surface area contributed by atoms with Crippen LogP contribution in [0.4, 0.5) is 0 Å². The fourth-order valence-corrected chi connectivity index (χ4v) is 2.21. The summed E-state index contributed by atoms with van der Waals surface area (Å²) < 4.78 is 0. The van der Waals surface area contributed by atoms with Gasteiger partial charge in [0, 0.05) is 0 Å². The van der Waals surface area contributed by atoms with Crippen LogP contribution in [0.5, 0.6) is 0 Å². The van der Waals surface area contributed by atoms with Gasteiger partial charge in [-0.2, -0.15) is 0 Å². The van der Waals surface area contributed by atoms with E-state index in [1.807, 2.05) is 24.3 Å². The van der Waals surface area contributed by atoms with Crippen molar-refractivity contribution in [3.8, 4) is 0 Å². The second kappa shape index (κ2) is 6.69. The van der Waals surface area contributed by atoms with Gasteiger partial charge in [-0.3, -0.25) is 0 Å². The van der Waals surface area contributed by atoms with Gasteiger partial charge < -0.3 is 10.2 Å². The van der Waals surface area contributed by atoms with Crippen molar-refractivity contribution in [3.63, 3.8) is 0 Å². The van der Waals surface area contributed by atoms with Crippen LogP contribution < -0.4 is 0 Å². The Bertz CT molecular complexity index is 473. The first-order chi connectivity index (χ1) is 9.56. The van der Waals surface area contributed by atoms with E-state index in [0.717, 1.165) is 24.0 Å². The molecule has 2 heteroatoms.